The number of hydrogen-bond donors (Lipinski definition) is 2. The zero-order valence-corrected chi connectivity index (χ0v) is 7.66. The average molecular weight is 177 g/mol. The van der Waals surface area contributed by atoms with E-state index < -0.39 is 5.60 Å². The van der Waals surface area contributed by atoms with E-state index in [1.807, 2.05) is 12.1 Å². The smallest absolute Gasteiger partial charge is 0.0899 e. The lowest BCUT2D eigenvalue weighted by Gasteiger charge is -2.08. The van der Waals surface area contributed by atoms with Crippen LogP contribution in [0.2, 0.25) is 0 Å². The Morgan fingerprint density at radius 1 is 1.23 bits per heavy atom. The maximum Gasteiger partial charge on any atom is 0.0899 e. The standard InChI is InChI=1S/C11H15NO/c12-8-5-9-1-3-10(4-2-9)11(13)6-7-11/h1-4,13H,5-8,12H2. The van der Waals surface area contributed by atoms with E-state index in [0.29, 0.717) is 6.54 Å². The first-order chi connectivity index (χ1) is 6.24. The number of hydrogen-bond acceptors (Lipinski definition) is 2. The maximum atomic E-state index is 9.80. The molecule has 13 heavy (non-hydrogen) atoms. The molecule has 0 unspecified atom stereocenters. The monoisotopic (exact) mass is 177 g/mol. The second-order valence-corrected chi connectivity index (χ2v) is 3.77. The van der Waals surface area contributed by atoms with Gasteiger partial charge in [-0.25, -0.2) is 0 Å². The first-order valence-electron chi connectivity index (χ1n) is 4.76. The van der Waals surface area contributed by atoms with Crippen LogP contribution in [-0.4, -0.2) is 11.7 Å². The molecule has 1 fully saturated rings. The lowest BCUT2D eigenvalue weighted by Crippen LogP contribution is -2.05. The third kappa shape index (κ3) is 1.74. The van der Waals surface area contributed by atoms with Crippen molar-refractivity contribution >= 4 is 0 Å². The summed E-state index contributed by atoms with van der Waals surface area (Å²) in [7, 11) is 0. The Bertz CT molecular complexity index is 287. The summed E-state index contributed by atoms with van der Waals surface area (Å²) in [5.74, 6) is 0. The molecule has 1 aromatic rings. The van der Waals surface area contributed by atoms with E-state index in [0.717, 1.165) is 24.8 Å². The summed E-state index contributed by atoms with van der Waals surface area (Å²) in [6, 6.07) is 8.13. The summed E-state index contributed by atoms with van der Waals surface area (Å²) in [5.41, 5.74) is 7.24. The Morgan fingerprint density at radius 3 is 2.31 bits per heavy atom. The van der Waals surface area contributed by atoms with Gasteiger partial charge in [0.2, 0.25) is 0 Å². The summed E-state index contributed by atoms with van der Waals surface area (Å²) in [5, 5.41) is 9.80. The van der Waals surface area contributed by atoms with Crippen molar-refractivity contribution in [3.63, 3.8) is 0 Å². The molecule has 2 heteroatoms. The van der Waals surface area contributed by atoms with Gasteiger partial charge in [0.15, 0.2) is 0 Å². The molecule has 0 atom stereocenters. The van der Waals surface area contributed by atoms with Gasteiger partial charge in [-0.2, -0.15) is 0 Å². The van der Waals surface area contributed by atoms with Crippen molar-refractivity contribution in [2.45, 2.75) is 24.9 Å². The zero-order chi connectivity index (χ0) is 9.31. The third-order valence-electron chi connectivity index (χ3n) is 2.65. The van der Waals surface area contributed by atoms with Gasteiger partial charge in [0.25, 0.3) is 0 Å². The van der Waals surface area contributed by atoms with Gasteiger partial charge in [-0.3, -0.25) is 0 Å². The van der Waals surface area contributed by atoms with Crippen LogP contribution in [-0.2, 0) is 12.0 Å². The molecule has 1 aliphatic rings. The van der Waals surface area contributed by atoms with Gasteiger partial charge < -0.3 is 10.8 Å². The van der Waals surface area contributed by atoms with E-state index in [2.05, 4.69) is 12.1 Å². The Labute approximate surface area is 78.4 Å². The van der Waals surface area contributed by atoms with Crippen molar-refractivity contribution in [2.75, 3.05) is 6.54 Å². The fourth-order valence-electron chi connectivity index (χ4n) is 1.56. The van der Waals surface area contributed by atoms with Gasteiger partial charge in [0, 0.05) is 0 Å². The molecule has 0 bridgehead atoms. The highest BCUT2D eigenvalue weighted by atomic mass is 16.3. The molecular weight excluding hydrogens is 162 g/mol. The molecule has 1 aliphatic carbocycles. The lowest BCUT2D eigenvalue weighted by atomic mass is 10.0. The molecule has 3 N–H and O–H groups in total. The summed E-state index contributed by atoms with van der Waals surface area (Å²) in [4.78, 5) is 0. The van der Waals surface area contributed by atoms with E-state index in [1.54, 1.807) is 0 Å². The molecule has 1 saturated carbocycles. The molecule has 70 valence electrons. The zero-order valence-electron chi connectivity index (χ0n) is 7.66. The molecule has 0 aromatic heterocycles. The minimum absolute atomic E-state index is 0.499. The van der Waals surface area contributed by atoms with E-state index in [1.165, 1.54) is 5.56 Å². The number of rotatable bonds is 3. The fourth-order valence-corrected chi connectivity index (χ4v) is 1.56. The first kappa shape index (κ1) is 8.73. The lowest BCUT2D eigenvalue weighted by molar-refractivity contribution is 0.151. The van der Waals surface area contributed by atoms with Gasteiger partial charge in [0.05, 0.1) is 5.60 Å². The third-order valence-corrected chi connectivity index (χ3v) is 2.65. The highest BCUT2D eigenvalue weighted by Crippen LogP contribution is 2.45. The molecule has 0 aliphatic heterocycles. The molecule has 0 amide bonds. The predicted molar refractivity (Wildman–Crippen MR) is 52.3 cm³/mol. The van der Waals surface area contributed by atoms with Crippen molar-refractivity contribution in [3.8, 4) is 0 Å². The van der Waals surface area contributed by atoms with E-state index in [-0.39, 0.29) is 0 Å². The minimum atomic E-state index is -0.499. The summed E-state index contributed by atoms with van der Waals surface area (Å²) >= 11 is 0. The minimum Gasteiger partial charge on any atom is -0.385 e. The highest BCUT2D eigenvalue weighted by Gasteiger charge is 2.41. The van der Waals surface area contributed by atoms with E-state index >= 15 is 0 Å². The molecule has 1 aromatic carbocycles. The maximum absolute atomic E-state index is 9.80. The van der Waals surface area contributed by atoms with Crippen LogP contribution < -0.4 is 5.73 Å². The highest BCUT2D eigenvalue weighted by molar-refractivity contribution is 5.30. The van der Waals surface area contributed by atoms with Gasteiger partial charge in [-0.05, 0) is 36.9 Å². The first-order valence-corrected chi connectivity index (χ1v) is 4.76. The second-order valence-electron chi connectivity index (χ2n) is 3.77. The van der Waals surface area contributed by atoms with Gasteiger partial charge >= 0.3 is 0 Å². The molecular formula is C11H15NO. The van der Waals surface area contributed by atoms with Crippen LogP contribution in [0.5, 0.6) is 0 Å². The Balaban J connectivity index is 2.14. The van der Waals surface area contributed by atoms with Gasteiger partial charge in [0.1, 0.15) is 0 Å². The normalized spacial score (nSPS) is 18.6. The number of aliphatic hydroxyl groups is 1. The quantitative estimate of drug-likeness (QED) is 0.728. The van der Waals surface area contributed by atoms with Gasteiger partial charge in [-0.15, -0.1) is 0 Å². The molecule has 0 spiro atoms. The molecule has 2 rings (SSSR count). The molecule has 2 nitrogen and oxygen atoms in total. The van der Waals surface area contributed by atoms with Crippen LogP contribution in [0.25, 0.3) is 0 Å². The van der Waals surface area contributed by atoms with Crippen molar-refractivity contribution in [1.82, 2.24) is 0 Å². The Hall–Kier alpha value is -0.860. The summed E-state index contributed by atoms with van der Waals surface area (Å²) in [6.07, 6.45) is 2.73. The SMILES string of the molecule is NCCc1ccc(C2(O)CC2)cc1. The fraction of sp³-hybridized carbons (Fsp3) is 0.455. The van der Waals surface area contributed by atoms with E-state index in [4.69, 9.17) is 5.73 Å². The van der Waals surface area contributed by atoms with Crippen LogP contribution in [0.1, 0.15) is 24.0 Å². The van der Waals surface area contributed by atoms with E-state index in [9.17, 15) is 5.11 Å². The molecule has 0 radical (unpaired) electrons. The molecule has 0 heterocycles. The topological polar surface area (TPSA) is 46.2 Å². The summed E-state index contributed by atoms with van der Waals surface area (Å²) in [6.45, 7) is 0.684. The van der Waals surface area contributed by atoms with Crippen molar-refractivity contribution < 1.29 is 5.11 Å². The second kappa shape index (κ2) is 3.13. The number of nitrogens with two attached hydrogens (primary N) is 1. The molecule has 0 saturated heterocycles. The predicted octanol–water partition coefficient (Wildman–Crippen LogP) is 1.17. The van der Waals surface area contributed by atoms with Crippen molar-refractivity contribution in [3.05, 3.63) is 35.4 Å². The van der Waals surface area contributed by atoms with Crippen molar-refractivity contribution in [1.29, 1.82) is 0 Å². The Kier molecular flexibility index (Phi) is 2.10. The largest absolute Gasteiger partial charge is 0.385 e. The van der Waals surface area contributed by atoms with Crippen LogP contribution in [0.15, 0.2) is 24.3 Å². The van der Waals surface area contributed by atoms with Crippen LogP contribution in [0, 0.1) is 0 Å². The van der Waals surface area contributed by atoms with Crippen LogP contribution >= 0.6 is 0 Å². The number of benzene rings is 1. The summed E-state index contributed by atoms with van der Waals surface area (Å²) < 4.78 is 0. The van der Waals surface area contributed by atoms with Crippen molar-refractivity contribution in [2.24, 2.45) is 5.73 Å². The average Bonchev–Trinajstić information content (AvgIpc) is 2.87. The van der Waals surface area contributed by atoms with Crippen LogP contribution in [0.3, 0.4) is 0 Å². The Morgan fingerprint density at radius 2 is 1.85 bits per heavy atom. The van der Waals surface area contributed by atoms with Gasteiger partial charge in [-0.1, -0.05) is 24.3 Å². The van der Waals surface area contributed by atoms with Crippen LogP contribution in [0.4, 0.5) is 0 Å².